The number of nitrogens with one attached hydrogen (secondary N) is 1. The Balaban J connectivity index is 2.18. The minimum Gasteiger partial charge on any atom is -0.488 e. The van der Waals surface area contributed by atoms with E-state index in [1.807, 2.05) is 26.0 Å². The van der Waals surface area contributed by atoms with Gasteiger partial charge in [0.15, 0.2) is 0 Å². The number of ether oxygens (including phenoxy) is 1. The van der Waals surface area contributed by atoms with Gasteiger partial charge in [0.1, 0.15) is 18.2 Å². The number of hydrogen-bond acceptors (Lipinski definition) is 2. The van der Waals surface area contributed by atoms with Crippen LogP contribution in [0.1, 0.15) is 31.0 Å². The van der Waals surface area contributed by atoms with E-state index in [1.54, 1.807) is 24.3 Å². The Labute approximate surface area is 129 Å². The van der Waals surface area contributed by atoms with E-state index < -0.39 is 0 Å². The van der Waals surface area contributed by atoms with E-state index in [9.17, 15) is 4.39 Å². The van der Waals surface area contributed by atoms with E-state index in [0.29, 0.717) is 10.6 Å². The first-order valence-electron chi connectivity index (χ1n) is 7.01. The van der Waals surface area contributed by atoms with Crippen molar-refractivity contribution in [3.63, 3.8) is 0 Å². The van der Waals surface area contributed by atoms with Crippen LogP contribution in [0, 0.1) is 5.82 Å². The minimum atomic E-state index is -0.257. The molecule has 112 valence electrons. The van der Waals surface area contributed by atoms with Crippen LogP contribution in [0.25, 0.3) is 0 Å². The van der Waals surface area contributed by atoms with Crippen LogP contribution >= 0.6 is 11.6 Å². The molecule has 2 nitrogen and oxygen atoms in total. The standard InChI is InChI=1S/C17H19ClFNO/c1-3-20-12(2)15-10-14(18)8-9-17(15)21-11-13-6-4-5-7-16(13)19/h4-10,12,20H,3,11H2,1-2H3. The summed E-state index contributed by atoms with van der Waals surface area (Å²) in [7, 11) is 0. The Bertz CT molecular complexity index is 603. The van der Waals surface area contributed by atoms with Crippen molar-refractivity contribution >= 4 is 11.6 Å². The molecule has 1 N–H and O–H groups in total. The van der Waals surface area contributed by atoms with Gasteiger partial charge in [0.05, 0.1) is 0 Å². The zero-order valence-corrected chi connectivity index (χ0v) is 13.0. The van der Waals surface area contributed by atoms with Crippen LogP contribution in [0.3, 0.4) is 0 Å². The summed E-state index contributed by atoms with van der Waals surface area (Å²) in [6.45, 7) is 5.13. The average molecular weight is 308 g/mol. The summed E-state index contributed by atoms with van der Waals surface area (Å²) in [5, 5.41) is 3.99. The third-order valence-electron chi connectivity index (χ3n) is 3.29. The SMILES string of the molecule is CCNC(C)c1cc(Cl)ccc1OCc1ccccc1F. The Kier molecular flexibility index (Phi) is 5.59. The molecule has 4 heteroatoms. The van der Waals surface area contributed by atoms with Gasteiger partial charge in [0.25, 0.3) is 0 Å². The van der Waals surface area contributed by atoms with Crippen molar-refractivity contribution < 1.29 is 9.13 Å². The van der Waals surface area contributed by atoms with Gasteiger partial charge in [-0.05, 0) is 37.7 Å². The molecule has 0 spiro atoms. The second-order valence-electron chi connectivity index (χ2n) is 4.84. The summed E-state index contributed by atoms with van der Waals surface area (Å²) >= 11 is 6.06. The number of benzene rings is 2. The molecule has 1 atom stereocenters. The third kappa shape index (κ3) is 4.19. The molecule has 0 radical (unpaired) electrons. The molecule has 2 rings (SSSR count). The summed E-state index contributed by atoms with van der Waals surface area (Å²) in [4.78, 5) is 0. The van der Waals surface area contributed by atoms with Crippen LogP contribution < -0.4 is 10.1 Å². The highest BCUT2D eigenvalue weighted by molar-refractivity contribution is 6.30. The Morgan fingerprint density at radius 1 is 1.24 bits per heavy atom. The number of halogens is 2. The molecular formula is C17H19ClFNO. The van der Waals surface area contributed by atoms with E-state index >= 15 is 0 Å². The Hall–Kier alpha value is -1.58. The average Bonchev–Trinajstić information content (AvgIpc) is 2.47. The first-order valence-corrected chi connectivity index (χ1v) is 7.38. The number of rotatable bonds is 6. The maximum absolute atomic E-state index is 13.6. The lowest BCUT2D eigenvalue weighted by atomic mass is 10.1. The van der Waals surface area contributed by atoms with Crippen LogP contribution in [-0.4, -0.2) is 6.54 Å². The van der Waals surface area contributed by atoms with Crippen molar-refractivity contribution in [3.05, 3.63) is 64.4 Å². The van der Waals surface area contributed by atoms with Gasteiger partial charge < -0.3 is 10.1 Å². The predicted octanol–water partition coefficient (Wildman–Crippen LogP) is 4.73. The first-order chi connectivity index (χ1) is 10.1. The second-order valence-corrected chi connectivity index (χ2v) is 5.28. The van der Waals surface area contributed by atoms with Crippen LogP contribution in [-0.2, 0) is 6.61 Å². The van der Waals surface area contributed by atoms with Gasteiger partial charge in [0.2, 0.25) is 0 Å². The fraction of sp³-hybridized carbons (Fsp3) is 0.294. The van der Waals surface area contributed by atoms with E-state index in [2.05, 4.69) is 5.32 Å². The van der Waals surface area contributed by atoms with Gasteiger partial charge in [-0.3, -0.25) is 0 Å². The molecule has 0 heterocycles. The summed E-state index contributed by atoms with van der Waals surface area (Å²) < 4.78 is 19.4. The van der Waals surface area contributed by atoms with Crippen molar-refractivity contribution in [2.24, 2.45) is 0 Å². The molecule has 0 amide bonds. The minimum absolute atomic E-state index is 0.115. The topological polar surface area (TPSA) is 21.3 Å². The van der Waals surface area contributed by atoms with E-state index in [1.165, 1.54) is 6.07 Å². The molecule has 0 saturated heterocycles. The third-order valence-corrected chi connectivity index (χ3v) is 3.52. The molecule has 0 aliphatic heterocycles. The maximum atomic E-state index is 13.6. The van der Waals surface area contributed by atoms with Gasteiger partial charge in [-0.2, -0.15) is 0 Å². The molecule has 21 heavy (non-hydrogen) atoms. The molecule has 2 aromatic rings. The monoisotopic (exact) mass is 307 g/mol. The first kappa shape index (κ1) is 15.8. The van der Waals surface area contributed by atoms with E-state index in [0.717, 1.165) is 17.9 Å². The van der Waals surface area contributed by atoms with Crippen molar-refractivity contribution in [2.45, 2.75) is 26.5 Å². The Morgan fingerprint density at radius 2 is 2.00 bits per heavy atom. The van der Waals surface area contributed by atoms with Crippen LogP contribution in [0.15, 0.2) is 42.5 Å². The van der Waals surface area contributed by atoms with E-state index in [-0.39, 0.29) is 18.5 Å². The summed E-state index contributed by atoms with van der Waals surface area (Å²) in [6.07, 6.45) is 0. The lowest BCUT2D eigenvalue weighted by Crippen LogP contribution is -2.18. The smallest absolute Gasteiger partial charge is 0.129 e. The second kappa shape index (κ2) is 7.43. The predicted molar refractivity (Wildman–Crippen MR) is 84.3 cm³/mol. The maximum Gasteiger partial charge on any atom is 0.129 e. The lowest BCUT2D eigenvalue weighted by Gasteiger charge is -2.18. The van der Waals surface area contributed by atoms with Crippen molar-refractivity contribution in [1.82, 2.24) is 5.32 Å². The van der Waals surface area contributed by atoms with Gasteiger partial charge in [-0.15, -0.1) is 0 Å². The molecular weight excluding hydrogens is 289 g/mol. The molecule has 2 aromatic carbocycles. The van der Waals surface area contributed by atoms with Crippen LogP contribution in [0.4, 0.5) is 4.39 Å². The fourth-order valence-electron chi connectivity index (χ4n) is 2.18. The molecule has 0 fully saturated rings. The summed E-state index contributed by atoms with van der Waals surface area (Å²) in [5.74, 6) is 0.462. The molecule has 0 aromatic heterocycles. The quantitative estimate of drug-likeness (QED) is 0.833. The molecule has 0 bridgehead atoms. The van der Waals surface area contributed by atoms with Gasteiger partial charge >= 0.3 is 0 Å². The lowest BCUT2D eigenvalue weighted by molar-refractivity contribution is 0.294. The Morgan fingerprint density at radius 3 is 2.71 bits per heavy atom. The molecule has 0 saturated carbocycles. The van der Waals surface area contributed by atoms with Crippen molar-refractivity contribution in [1.29, 1.82) is 0 Å². The zero-order valence-electron chi connectivity index (χ0n) is 12.2. The highest BCUT2D eigenvalue weighted by Crippen LogP contribution is 2.29. The number of hydrogen-bond donors (Lipinski definition) is 1. The largest absolute Gasteiger partial charge is 0.488 e. The highest BCUT2D eigenvalue weighted by atomic mass is 35.5. The fourth-order valence-corrected chi connectivity index (χ4v) is 2.36. The van der Waals surface area contributed by atoms with Gasteiger partial charge in [-0.25, -0.2) is 4.39 Å². The molecule has 0 aliphatic rings. The normalized spacial score (nSPS) is 12.2. The van der Waals surface area contributed by atoms with Crippen molar-refractivity contribution in [3.8, 4) is 5.75 Å². The summed E-state index contributed by atoms with van der Waals surface area (Å²) in [6, 6.07) is 12.2. The van der Waals surface area contributed by atoms with E-state index in [4.69, 9.17) is 16.3 Å². The molecule has 0 aliphatic carbocycles. The van der Waals surface area contributed by atoms with Gasteiger partial charge in [0, 0.05) is 22.2 Å². The van der Waals surface area contributed by atoms with Crippen LogP contribution in [0.5, 0.6) is 5.75 Å². The summed E-state index contributed by atoms with van der Waals surface area (Å²) in [5.41, 5.74) is 1.51. The molecule has 1 unspecified atom stereocenters. The van der Waals surface area contributed by atoms with Crippen molar-refractivity contribution in [2.75, 3.05) is 6.54 Å². The van der Waals surface area contributed by atoms with Crippen LogP contribution in [0.2, 0.25) is 5.02 Å². The highest BCUT2D eigenvalue weighted by Gasteiger charge is 2.12. The zero-order chi connectivity index (χ0) is 15.2. The van der Waals surface area contributed by atoms with Gasteiger partial charge in [-0.1, -0.05) is 36.7 Å².